The fourth-order valence-electron chi connectivity index (χ4n) is 4.10. The Hall–Kier alpha value is -4.14. The molecule has 36 heavy (non-hydrogen) atoms. The number of rotatable bonds is 10. The van der Waals surface area contributed by atoms with Crippen LogP contribution in [-0.4, -0.2) is 41.3 Å². The third kappa shape index (κ3) is 5.25. The number of hydrogen-bond donors (Lipinski definition) is 2. The van der Waals surface area contributed by atoms with E-state index in [1.54, 1.807) is 36.1 Å². The van der Waals surface area contributed by atoms with Crippen molar-refractivity contribution in [2.45, 2.75) is 45.6 Å². The molecule has 2 aromatic carbocycles. The minimum absolute atomic E-state index is 0.0769. The van der Waals surface area contributed by atoms with E-state index in [0.29, 0.717) is 30.1 Å². The molecular formula is C27H30N4O5. The van der Waals surface area contributed by atoms with E-state index in [4.69, 9.17) is 9.47 Å². The van der Waals surface area contributed by atoms with E-state index in [9.17, 15) is 14.4 Å². The van der Waals surface area contributed by atoms with Gasteiger partial charge in [0.1, 0.15) is 17.6 Å². The molecule has 3 aromatic rings. The van der Waals surface area contributed by atoms with E-state index in [0.717, 1.165) is 35.4 Å². The van der Waals surface area contributed by atoms with Gasteiger partial charge in [0.15, 0.2) is 0 Å². The maximum atomic E-state index is 12.8. The van der Waals surface area contributed by atoms with Gasteiger partial charge in [0, 0.05) is 11.3 Å². The molecule has 9 nitrogen and oxygen atoms in total. The number of aryl methyl sites for hydroxylation is 1. The second kappa shape index (κ2) is 11.1. The van der Waals surface area contributed by atoms with Crippen LogP contribution in [0.1, 0.15) is 55.2 Å². The average molecular weight is 491 g/mol. The highest BCUT2D eigenvalue weighted by atomic mass is 16.5. The molecule has 9 heteroatoms. The summed E-state index contributed by atoms with van der Waals surface area (Å²) in [5, 5.41) is 10.4. The summed E-state index contributed by atoms with van der Waals surface area (Å²) in [4.78, 5) is 37.6. The lowest BCUT2D eigenvalue weighted by Gasteiger charge is -2.11. The molecule has 0 saturated heterocycles. The lowest BCUT2D eigenvalue weighted by molar-refractivity contribution is -0.123. The van der Waals surface area contributed by atoms with Crippen LogP contribution in [0.25, 0.3) is 11.1 Å². The summed E-state index contributed by atoms with van der Waals surface area (Å²) in [6.45, 7) is 4.40. The summed E-state index contributed by atoms with van der Waals surface area (Å²) in [6.07, 6.45) is 2.35. The summed E-state index contributed by atoms with van der Waals surface area (Å²) in [5.41, 5.74) is 3.53. The molecule has 1 aliphatic rings. The lowest BCUT2D eigenvalue weighted by Crippen LogP contribution is -2.24. The number of nitrogens with zero attached hydrogens (tertiary/aromatic N) is 2. The summed E-state index contributed by atoms with van der Waals surface area (Å²) in [6, 6.07) is 13.3. The Kier molecular flexibility index (Phi) is 7.68. The van der Waals surface area contributed by atoms with Crippen LogP contribution in [0.5, 0.6) is 5.75 Å². The Balaban J connectivity index is 1.45. The molecule has 2 N–H and O–H groups in total. The minimum atomic E-state index is -0.759. The van der Waals surface area contributed by atoms with Crippen molar-refractivity contribution in [1.29, 1.82) is 0 Å². The zero-order valence-corrected chi connectivity index (χ0v) is 20.7. The molecular weight excluding hydrogens is 460 g/mol. The van der Waals surface area contributed by atoms with E-state index >= 15 is 0 Å². The predicted molar refractivity (Wildman–Crippen MR) is 136 cm³/mol. The second-order valence-corrected chi connectivity index (χ2v) is 8.52. The highest BCUT2D eigenvalue weighted by Gasteiger charge is 2.36. The number of benzene rings is 2. The fourth-order valence-corrected chi connectivity index (χ4v) is 4.10. The first-order valence-corrected chi connectivity index (χ1v) is 12.1. The minimum Gasteiger partial charge on any atom is -0.497 e. The Labute approximate surface area is 209 Å². The number of carbonyl (C=O) groups is 3. The quantitative estimate of drug-likeness (QED) is 0.317. The number of nitrogens with one attached hydrogen (secondary N) is 2. The fraction of sp³-hybridized carbons (Fsp3) is 0.333. The van der Waals surface area contributed by atoms with Gasteiger partial charge in [-0.1, -0.05) is 32.4 Å². The zero-order valence-electron chi connectivity index (χ0n) is 20.7. The molecule has 0 radical (unpaired) electrons. The maximum absolute atomic E-state index is 12.8. The first-order chi connectivity index (χ1) is 17.4. The molecule has 4 rings (SSSR count). The number of ether oxygens (including phenoxy) is 2. The number of fused-ring (bicyclic) bond motifs is 1. The summed E-state index contributed by atoms with van der Waals surface area (Å²) < 4.78 is 12.1. The largest absolute Gasteiger partial charge is 0.497 e. The monoisotopic (exact) mass is 490 g/mol. The Morgan fingerprint density at radius 3 is 2.44 bits per heavy atom. The van der Waals surface area contributed by atoms with Crippen molar-refractivity contribution < 1.29 is 23.9 Å². The van der Waals surface area contributed by atoms with Crippen molar-refractivity contribution in [3.63, 3.8) is 0 Å². The van der Waals surface area contributed by atoms with Gasteiger partial charge in [-0.2, -0.15) is 5.10 Å². The molecule has 0 aliphatic carbocycles. The number of amides is 2. The van der Waals surface area contributed by atoms with Gasteiger partial charge >= 0.3 is 5.97 Å². The number of anilines is 2. The number of esters is 1. The molecule has 1 unspecified atom stereocenters. The van der Waals surface area contributed by atoms with Gasteiger partial charge in [-0.15, -0.1) is 0 Å². The number of carbonyl (C=O) groups excluding carboxylic acids is 3. The topological polar surface area (TPSA) is 112 Å². The van der Waals surface area contributed by atoms with Crippen LogP contribution in [0.4, 0.5) is 11.5 Å². The lowest BCUT2D eigenvalue weighted by atomic mass is 10.0. The van der Waals surface area contributed by atoms with E-state index in [2.05, 4.69) is 15.7 Å². The molecule has 1 aliphatic heterocycles. The van der Waals surface area contributed by atoms with Gasteiger partial charge in [-0.3, -0.25) is 9.59 Å². The Morgan fingerprint density at radius 2 is 1.81 bits per heavy atom. The van der Waals surface area contributed by atoms with E-state index in [1.165, 1.54) is 0 Å². The van der Waals surface area contributed by atoms with Crippen LogP contribution < -0.4 is 15.4 Å². The van der Waals surface area contributed by atoms with Gasteiger partial charge in [0.25, 0.3) is 5.91 Å². The molecule has 0 saturated carbocycles. The van der Waals surface area contributed by atoms with Gasteiger partial charge in [0.2, 0.25) is 5.91 Å². The normalized spacial score (nSPS) is 14.2. The highest BCUT2D eigenvalue weighted by molar-refractivity contribution is 6.04. The number of aromatic nitrogens is 2. The Bertz CT molecular complexity index is 1250. The maximum Gasteiger partial charge on any atom is 0.338 e. The summed E-state index contributed by atoms with van der Waals surface area (Å²) >= 11 is 0. The van der Waals surface area contributed by atoms with Crippen LogP contribution in [0.2, 0.25) is 0 Å². The molecule has 0 fully saturated rings. The zero-order chi connectivity index (χ0) is 25.7. The molecule has 2 heterocycles. The third-order valence-electron chi connectivity index (χ3n) is 6.05. The molecule has 0 bridgehead atoms. The van der Waals surface area contributed by atoms with Crippen molar-refractivity contribution in [1.82, 2.24) is 9.78 Å². The van der Waals surface area contributed by atoms with Crippen molar-refractivity contribution in [3.8, 4) is 16.9 Å². The number of unbranched alkanes of at least 4 members (excludes halogenated alkanes) is 1. The van der Waals surface area contributed by atoms with Gasteiger partial charge < -0.3 is 20.1 Å². The van der Waals surface area contributed by atoms with Crippen molar-refractivity contribution >= 4 is 29.3 Å². The van der Waals surface area contributed by atoms with Crippen LogP contribution in [0, 0.1) is 0 Å². The average Bonchev–Trinajstić information content (AvgIpc) is 3.39. The molecule has 1 aromatic heterocycles. The molecule has 188 valence electrons. The van der Waals surface area contributed by atoms with Crippen LogP contribution in [-0.2, 0) is 20.7 Å². The molecule has 0 spiro atoms. The second-order valence-electron chi connectivity index (χ2n) is 8.52. The highest BCUT2D eigenvalue weighted by Crippen LogP contribution is 2.39. The van der Waals surface area contributed by atoms with E-state index < -0.39 is 12.0 Å². The SMILES string of the molecule is CCCCOC(=O)c1ccc(NC(=O)CC2C(=O)Nc3c(-c4ccc(OC)cc4)c(CC)nn32)cc1. The van der Waals surface area contributed by atoms with E-state index in [-0.39, 0.29) is 18.2 Å². The third-order valence-corrected chi connectivity index (χ3v) is 6.05. The summed E-state index contributed by atoms with van der Waals surface area (Å²) in [5.74, 6) is 0.317. The van der Waals surface area contributed by atoms with Gasteiger partial charge in [-0.25, -0.2) is 9.48 Å². The van der Waals surface area contributed by atoms with Crippen LogP contribution in [0.15, 0.2) is 48.5 Å². The van der Waals surface area contributed by atoms with Crippen molar-refractivity contribution in [2.24, 2.45) is 0 Å². The predicted octanol–water partition coefficient (Wildman–Crippen LogP) is 4.60. The van der Waals surface area contributed by atoms with Crippen LogP contribution >= 0.6 is 0 Å². The standard InChI is InChI=1S/C27H30N4O5/c1-4-6-15-36-27(34)18-7-11-19(12-8-18)28-23(32)16-22-26(33)29-25-24(21(5-2)30-31(22)25)17-9-13-20(35-3)14-10-17/h7-14,22H,4-6,15-16H2,1-3H3,(H,28,32)(H,29,33). The first-order valence-electron chi connectivity index (χ1n) is 12.1. The number of methoxy groups -OCH3 is 1. The van der Waals surface area contributed by atoms with Gasteiger partial charge in [0.05, 0.1) is 31.4 Å². The number of hydrogen-bond acceptors (Lipinski definition) is 6. The smallest absolute Gasteiger partial charge is 0.338 e. The van der Waals surface area contributed by atoms with E-state index in [1.807, 2.05) is 38.1 Å². The molecule has 1 atom stereocenters. The van der Waals surface area contributed by atoms with Crippen molar-refractivity contribution in [3.05, 3.63) is 59.8 Å². The van der Waals surface area contributed by atoms with Gasteiger partial charge in [-0.05, 0) is 54.8 Å². The summed E-state index contributed by atoms with van der Waals surface area (Å²) in [7, 11) is 1.61. The first kappa shape index (κ1) is 25.0. The van der Waals surface area contributed by atoms with Crippen LogP contribution in [0.3, 0.4) is 0 Å². The Morgan fingerprint density at radius 1 is 1.08 bits per heavy atom. The molecule has 2 amide bonds. The van der Waals surface area contributed by atoms with Crippen molar-refractivity contribution in [2.75, 3.05) is 24.4 Å².